The second-order valence-electron chi connectivity index (χ2n) is 5.04. The lowest BCUT2D eigenvalue weighted by Crippen LogP contribution is -2.26. The van der Waals surface area contributed by atoms with Crippen molar-refractivity contribution in [3.63, 3.8) is 0 Å². The monoisotopic (exact) mass is 300 g/mol. The molecule has 1 aliphatic heterocycles. The normalized spacial score (nSPS) is 22.9. The smallest absolute Gasteiger partial charge is 0.186 e. The second-order valence-corrected chi connectivity index (χ2v) is 8.40. The molecular formula is C12H16N2O3S2. The van der Waals surface area contributed by atoms with Gasteiger partial charge < -0.3 is 4.90 Å². The maximum Gasteiger partial charge on any atom is 0.186 e. The molecule has 0 saturated carbocycles. The van der Waals surface area contributed by atoms with Gasteiger partial charge in [0.05, 0.1) is 11.5 Å². The number of hydrogen-bond donors (Lipinski definition) is 0. The minimum atomic E-state index is -2.90. The molecule has 0 radical (unpaired) electrons. The van der Waals surface area contributed by atoms with Crippen molar-refractivity contribution in [2.75, 3.05) is 29.5 Å². The Bertz CT molecular complexity index is 606. The first kappa shape index (κ1) is 13.1. The zero-order valence-corrected chi connectivity index (χ0v) is 12.2. The van der Waals surface area contributed by atoms with Crippen LogP contribution in [0.3, 0.4) is 0 Å². The van der Waals surface area contributed by atoms with Crippen molar-refractivity contribution in [3.8, 4) is 0 Å². The van der Waals surface area contributed by atoms with Crippen molar-refractivity contribution in [1.29, 1.82) is 0 Å². The summed E-state index contributed by atoms with van der Waals surface area (Å²) in [4.78, 5) is 19.3. The largest absolute Gasteiger partial charge is 0.347 e. The number of nitrogens with zero attached hydrogens (tertiary/aromatic N) is 2. The van der Waals surface area contributed by atoms with E-state index in [4.69, 9.17) is 0 Å². The maximum atomic E-state index is 11.8. The molecule has 0 aromatic carbocycles. The summed E-state index contributed by atoms with van der Waals surface area (Å²) in [5.74, 6) is 0.574. The third-order valence-electron chi connectivity index (χ3n) is 3.58. The number of fused-ring (bicyclic) bond motifs is 1. The van der Waals surface area contributed by atoms with E-state index in [0.717, 1.165) is 22.9 Å². The molecule has 0 bridgehead atoms. The zero-order chi connectivity index (χ0) is 13.5. The number of rotatable bonds is 1. The van der Waals surface area contributed by atoms with Gasteiger partial charge in [0.25, 0.3) is 0 Å². The number of thiazole rings is 1. The Balaban J connectivity index is 1.85. The number of sulfone groups is 1. The van der Waals surface area contributed by atoms with Gasteiger partial charge in [0.1, 0.15) is 5.69 Å². The molecule has 5 nitrogen and oxygen atoms in total. The summed E-state index contributed by atoms with van der Waals surface area (Å²) >= 11 is 1.55. The van der Waals surface area contributed by atoms with Crippen molar-refractivity contribution in [2.45, 2.75) is 25.7 Å². The Morgan fingerprint density at radius 3 is 2.74 bits per heavy atom. The van der Waals surface area contributed by atoms with Gasteiger partial charge >= 0.3 is 0 Å². The molecule has 0 N–H and O–H groups in total. The van der Waals surface area contributed by atoms with E-state index in [1.54, 1.807) is 11.3 Å². The van der Waals surface area contributed by atoms with Crippen molar-refractivity contribution in [3.05, 3.63) is 10.6 Å². The number of aromatic nitrogens is 1. The second kappa shape index (κ2) is 4.86. The van der Waals surface area contributed by atoms with E-state index < -0.39 is 9.84 Å². The van der Waals surface area contributed by atoms with Crippen LogP contribution < -0.4 is 4.90 Å². The highest BCUT2D eigenvalue weighted by Gasteiger charge is 2.26. The first-order chi connectivity index (χ1) is 9.05. The Morgan fingerprint density at radius 1 is 1.11 bits per heavy atom. The molecule has 1 fully saturated rings. The molecule has 104 valence electrons. The molecule has 0 unspecified atom stereocenters. The molecule has 2 aliphatic rings. The van der Waals surface area contributed by atoms with Gasteiger partial charge in [0, 0.05) is 24.4 Å². The molecular weight excluding hydrogens is 284 g/mol. The zero-order valence-electron chi connectivity index (χ0n) is 10.6. The standard InChI is InChI=1S/C12H16N2O3S2/c15-9-3-1-4-10-11(9)13-12(18-10)14-5-2-7-19(16,17)8-6-14/h1-8H2. The molecule has 0 spiro atoms. The summed E-state index contributed by atoms with van der Waals surface area (Å²) in [6.07, 6.45) is 3.05. The number of aryl methyl sites for hydroxylation is 1. The van der Waals surface area contributed by atoms with Gasteiger partial charge in [-0.05, 0) is 19.3 Å². The highest BCUT2D eigenvalue weighted by Crippen LogP contribution is 2.32. The van der Waals surface area contributed by atoms with Crippen molar-refractivity contribution in [2.24, 2.45) is 0 Å². The quantitative estimate of drug-likeness (QED) is 0.782. The molecule has 1 saturated heterocycles. The SMILES string of the molecule is O=C1CCCc2sc(N3CCCS(=O)(=O)CC3)nc21. The third kappa shape index (κ3) is 2.67. The van der Waals surface area contributed by atoms with Crippen molar-refractivity contribution >= 4 is 32.1 Å². The molecule has 1 aromatic rings. The summed E-state index contributed by atoms with van der Waals surface area (Å²) in [5, 5.41) is 0.817. The Morgan fingerprint density at radius 2 is 1.95 bits per heavy atom. The molecule has 1 aliphatic carbocycles. The summed E-state index contributed by atoms with van der Waals surface area (Å²) in [7, 11) is -2.90. The highest BCUT2D eigenvalue weighted by molar-refractivity contribution is 7.91. The van der Waals surface area contributed by atoms with E-state index in [-0.39, 0.29) is 17.3 Å². The molecule has 7 heteroatoms. The fourth-order valence-corrected chi connectivity index (χ4v) is 4.96. The van der Waals surface area contributed by atoms with Crippen LogP contribution >= 0.6 is 11.3 Å². The summed E-state index contributed by atoms with van der Waals surface area (Å²) < 4.78 is 23.2. The van der Waals surface area contributed by atoms with E-state index in [1.807, 2.05) is 4.90 Å². The van der Waals surface area contributed by atoms with Crippen molar-refractivity contribution < 1.29 is 13.2 Å². The van der Waals surface area contributed by atoms with Crippen LogP contribution in [0, 0.1) is 0 Å². The predicted octanol–water partition coefficient (Wildman–Crippen LogP) is 1.29. The average molecular weight is 300 g/mol. The fourth-order valence-electron chi connectivity index (χ4n) is 2.52. The maximum absolute atomic E-state index is 11.8. The van der Waals surface area contributed by atoms with Gasteiger partial charge in [-0.25, -0.2) is 13.4 Å². The molecule has 2 heterocycles. The number of anilines is 1. The summed E-state index contributed by atoms with van der Waals surface area (Å²) in [5.41, 5.74) is 0.623. The van der Waals surface area contributed by atoms with Gasteiger partial charge in [0.15, 0.2) is 20.8 Å². The lowest BCUT2D eigenvalue weighted by atomic mass is 10.0. The number of carbonyl (C=O) groups is 1. The lowest BCUT2D eigenvalue weighted by Gasteiger charge is -2.17. The van der Waals surface area contributed by atoms with Crippen LogP contribution in [-0.4, -0.2) is 43.8 Å². The van der Waals surface area contributed by atoms with E-state index in [9.17, 15) is 13.2 Å². The van der Waals surface area contributed by atoms with Gasteiger partial charge in [-0.15, -0.1) is 11.3 Å². The van der Waals surface area contributed by atoms with Crippen LogP contribution in [0.1, 0.15) is 34.6 Å². The topological polar surface area (TPSA) is 67.3 Å². The minimum Gasteiger partial charge on any atom is -0.347 e. The van der Waals surface area contributed by atoms with E-state index >= 15 is 0 Å². The van der Waals surface area contributed by atoms with Crippen LogP contribution in [0.5, 0.6) is 0 Å². The number of hydrogen-bond acceptors (Lipinski definition) is 6. The lowest BCUT2D eigenvalue weighted by molar-refractivity contribution is 0.0968. The van der Waals surface area contributed by atoms with Crippen LogP contribution in [-0.2, 0) is 16.3 Å². The molecule has 19 heavy (non-hydrogen) atoms. The molecule has 1 aromatic heterocycles. The Hall–Kier alpha value is -0.950. The number of Topliss-reactive ketones (excluding diaryl/α,β-unsaturated/α-hetero) is 1. The predicted molar refractivity (Wildman–Crippen MR) is 74.9 cm³/mol. The fraction of sp³-hybridized carbons (Fsp3) is 0.667. The van der Waals surface area contributed by atoms with Gasteiger partial charge in [-0.2, -0.15) is 0 Å². The molecule has 0 atom stereocenters. The Labute approximate surface area is 116 Å². The third-order valence-corrected chi connectivity index (χ3v) is 6.48. The van der Waals surface area contributed by atoms with Gasteiger partial charge in [-0.1, -0.05) is 0 Å². The van der Waals surface area contributed by atoms with Crippen LogP contribution in [0.25, 0.3) is 0 Å². The van der Waals surface area contributed by atoms with Crippen LogP contribution in [0.4, 0.5) is 5.13 Å². The van der Waals surface area contributed by atoms with E-state index in [1.165, 1.54) is 0 Å². The highest BCUT2D eigenvalue weighted by atomic mass is 32.2. The first-order valence-electron chi connectivity index (χ1n) is 6.53. The van der Waals surface area contributed by atoms with Crippen LogP contribution in [0.2, 0.25) is 0 Å². The van der Waals surface area contributed by atoms with Crippen LogP contribution in [0.15, 0.2) is 0 Å². The minimum absolute atomic E-state index is 0.131. The van der Waals surface area contributed by atoms with Crippen molar-refractivity contribution in [1.82, 2.24) is 4.98 Å². The van der Waals surface area contributed by atoms with Gasteiger partial charge in [-0.3, -0.25) is 4.79 Å². The average Bonchev–Trinajstić information content (AvgIpc) is 2.70. The molecule has 0 amide bonds. The number of ketones is 1. The summed E-state index contributed by atoms with van der Waals surface area (Å²) in [6.45, 7) is 1.20. The van der Waals surface area contributed by atoms with E-state index in [0.29, 0.717) is 31.6 Å². The molecule has 3 rings (SSSR count). The number of carbonyl (C=O) groups excluding carboxylic acids is 1. The summed E-state index contributed by atoms with van der Waals surface area (Å²) in [6, 6.07) is 0. The van der Waals surface area contributed by atoms with E-state index in [2.05, 4.69) is 4.98 Å². The Kier molecular flexibility index (Phi) is 3.34. The first-order valence-corrected chi connectivity index (χ1v) is 9.17. The van der Waals surface area contributed by atoms with Gasteiger partial charge in [0.2, 0.25) is 0 Å².